The molecule has 5 nitrogen and oxygen atoms in total. The van der Waals surface area contributed by atoms with E-state index in [1.54, 1.807) is 19.2 Å². The van der Waals surface area contributed by atoms with E-state index in [1.807, 2.05) is 4.90 Å². The Bertz CT molecular complexity index is 510. The Labute approximate surface area is 123 Å². The summed E-state index contributed by atoms with van der Waals surface area (Å²) in [6.45, 7) is 3.44. The highest BCUT2D eigenvalue weighted by Gasteiger charge is 2.33. The third kappa shape index (κ3) is 2.74. The van der Waals surface area contributed by atoms with Crippen LogP contribution in [-0.2, 0) is 0 Å². The highest BCUT2D eigenvalue weighted by molar-refractivity contribution is 6.33. The summed E-state index contributed by atoms with van der Waals surface area (Å²) in [5.41, 5.74) is 0.346. The number of hydrogen-bond donors (Lipinski definition) is 1. The first-order valence-corrected chi connectivity index (χ1v) is 7.44. The lowest BCUT2D eigenvalue weighted by Gasteiger charge is -2.34. The van der Waals surface area contributed by atoms with Crippen LogP contribution < -0.4 is 5.32 Å². The molecule has 1 aromatic heterocycles. The van der Waals surface area contributed by atoms with Gasteiger partial charge in [0, 0.05) is 39.3 Å². The van der Waals surface area contributed by atoms with Crippen LogP contribution in [0.4, 0.5) is 5.82 Å². The van der Waals surface area contributed by atoms with E-state index < -0.39 is 0 Å². The van der Waals surface area contributed by atoms with Crippen LogP contribution in [0.25, 0.3) is 0 Å². The standard InChI is InChI=1S/C14H19ClN4O/c1-16-12-5-4-11(15)13(17-12)14(20)19-8-6-18(7-9-19)10-2-3-10/h4-5,10H,2-3,6-9H2,1H3,(H,16,17). The van der Waals surface area contributed by atoms with Crippen LogP contribution >= 0.6 is 11.6 Å². The lowest BCUT2D eigenvalue weighted by Crippen LogP contribution is -2.49. The van der Waals surface area contributed by atoms with Crippen LogP contribution in [0.3, 0.4) is 0 Å². The molecule has 1 saturated carbocycles. The van der Waals surface area contributed by atoms with Crippen molar-refractivity contribution in [1.82, 2.24) is 14.8 Å². The van der Waals surface area contributed by atoms with E-state index in [0.29, 0.717) is 16.5 Å². The number of anilines is 1. The van der Waals surface area contributed by atoms with Gasteiger partial charge in [-0.3, -0.25) is 9.69 Å². The minimum Gasteiger partial charge on any atom is -0.373 e. The van der Waals surface area contributed by atoms with Gasteiger partial charge in [-0.15, -0.1) is 0 Å². The van der Waals surface area contributed by atoms with Crippen molar-refractivity contribution in [3.8, 4) is 0 Å². The average Bonchev–Trinajstić information content (AvgIpc) is 3.32. The van der Waals surface area contributed by atoms with Gasteiger partial charge in [0.1, 0.15) is 11.5 Å². The maximum atomic E-state index is 12.5. The van der Waals surface area contributed by atoms with Crippen molar-refractivity contribution in [3.63, 3.8) is 0 Å². The van der Waals surface area contributed by atoms with Gasteiger partial charge < -0.3 is 10.2 Å². The van der Waals surface area contributed by atoms with Gasteiger partial charge in [-0.2, -0.15) is 0 Å². The van der Waals surface area contributed by atoms with Crippen LogP contribution in [0.15, 0.2) is 12.1 Å². The van der Waals surface area contributed by atoms with Gasteiger partial charge in [-0.1, -0.05) is 11.6 Å². The number of carbonyl (C=O) groups excluding carboxylic acids is 1. The number of nitrogens with zero attached hydrogens (tertiary/aromatic N) is 3. The first kappa shape index (κ1) is 13.6. The summed E-state index contributed by atoms with van der Waals surface area (Å²) in [6.07, 6.45) is 2.62. The molecule has 6 heteroatoms. The Balaban J connectivity index is 1.69. The molecule has 108 valence electrons. The third-order valence-corrected chi connectivity index (χ3v) is 4.27. The van der Waals surface area contributed by atoms with Gasteiger partial charge in [-0.25, -0.2) is 4.98 Å². The molecule has 1 aliphatic carbocycles. The Morgan fingerprint density at radius 3 is 2.60 bits per heavy atom. The number of halogens is 1. The fourth-order valence-corrected chi connectivity index (χ4v) is 2.80. The van der Waals surface area contributed by atoms with Crippen LogP contribution in [0.1, 0.15) is 23.3 Å². The van der Waals surface area contributed by atoms with Gasteiger partial charge in [0.25, 0.3) is 5.91 Å². The predicted molar refractivity (Wildman–Crippen MR) is 79.3 cm³/mol. The molecular formula is C14H19ClN4O. The topological polar surface area (TPSA) is 48.5 Å². The second-order valence-electron chi connectivity index (χ2n) is 5.34. The molecule has 1 aromatic rings. The summed E-state index contributed by atoms with van der Waals surface area (Å²) in [5.74, 6) is 0.594. The predicted octanol–water partition coefficient (Wildman–Crippen LogP) is 1.70. The SMILES string of the molecule is CNc1ccc(Cl)c(C(=O)N2CCN(C3CC3)CC2)n1. The maximum absolute atomic E-state index is 12.5. The molecular weight excluding hydrogens is 276 g/mol. The van der Waals surface area contributed by atoms with Crippen LogP contribution in [0.5, 0.6) is 0 Å². The molecule has 2 heterocycles. The van der Waals surface area contributed by atoms with Crippen molar-refractivity contribution in [3.05, 3.63) is 22.8 Å². The van der Waals surface area contributed by atoms with Crippen molar-refractivity contribution in [1.29, 1.82) is 0 Å². The number of piperazine rings is 1. The number of rotatable bonds is 3. The molecule has 2 fully saturated rings. The van der Waals surface area contributed by atoms with E-state index in [2.05, 4.69) is 15.2 Å². The average molecular weight is 295 g/mol. The fourth-order valence-electron chi connectivity index (χ4n) is 2.61. The Hall–Kier alpha value is -1.33. The summed E-state index contributed by atoms with van der Waals surface area (Å²) in [7, 11) is 1.78. The van der Waals surface area contributed by atoms with Gasteiger partial charge in [0.2, 0.25) is 0 Å². The summed E-state index contributed by atoms with van der Waals surface area (Å²) in [4.78, 5) is 21.1. The number of aromatic nitrogens is 1. The van der Waals surface area contributed by atoms with Crippen molar-refractivity contribution < 1.29 is 4.79 Å². The Morgan fingerprint density at radius 1 is 1.30 bits per heavy atom. The molecule has 0 radical (unpaired) electrons. The number of carbonyl (C=O) groups is 1. The third-order valence-electron chi connectivity index (χ3n) is 3.97. The van der Waals surface area contributed by atoms with Crippen molar-refractivity contribution >= 4 is 23.3 Å². The fraction of sp³-hybridized carbons (Fsp3) is 0.571. The summed E-state index contributed by atoms with van der Waals surface area (Å²) >= 11 is 6.11. The van der Waals surface area contributed by atoms with Crippen molar-refractivity contribution in [2.45, 2.75) is 18.9 Å². The number of hydrogen-bond acceptors (Lipinski definition) is 4. The monoisotopic (exact) mass is 294 g/mol. The first-order chi connectivity index (χ1) is 9.69. The van der Waals surface area contributed by atoms with Gasteiger partial charge in [0.15, 0.2) is 0 Å². The molecule has 0 unspecified atom stereocenters. The minimum atomic E-state index is -0.0671. The molecule has 1 aliphatic heterocycles. The molecule has 1 N–H and O–H groups in total. The lowest BCUT2D eigenvalue weighted by atomic mass is 10.2. The summed E-state index contributed by atoms with van der Waals surface area (Å²) in [6, 6.07) is 4.25. The smallest absolute Gasteiger partial charge is 0.274 e. The van der Waals surface area contributed by atoms with E-state index in [-0.39, 0.29) is 5.91 Å². The lowest BCUT2D eigenvalue weighted by molar-refractivity contribution is 0.0622. The zero-order valence-corrected chi connectivity index (χ0v) is 12.4. The molecule has 1 amide bonds. The van der Waals surface area contributed by atoms with E-state index in [9.17, 15) is 4.79 Å². The molecule has 1 saturated heterocycles. The van der Waals surface area contributed by atoms with E-state index in [0.717, 1.165) is 32.2 Å². The molecule has 20 heavy (non-hydrogen) atoms. The van der Waals surface area contributed by atoms with Crippen molar-refractivity contribution in [2.75, 3.05) is 38.5 Å². The second-order valence-corrected chi connectivity index (χ2v) is 5.74. The van der Waals surface area contributed by atoms with E-state index in [1.165, 1.54) is 12.8 Å². The molecule has 0 atom stereocenters. The highest BCUT2D eigenvalue weighted by atomic mass is 35.5. The van der Waals surface area contributed by atoms with Crippen LogP contribution in [0.2, 0.25) is 5.02 Å². The Kier molecular flexibility index (Phi) is 3.81. The number of pyridine rings is 1. The molecule has 0 spiro atoms. The first-order valence-electron chi connectivity index (χ1n) is 7.06. The minimum absolute atomic E-state index is 0.0671. The zero-order valence-electron chi connectivity index (χ0n) is 11.6. The largest absolute Gasteiger partial charge is 0.373 e. The number of nitrogens with one attached hydrogen (secondary N) is 1. The second kappa shape index (κ2) is 5.58. The van der Waals surface area contributed by atoms with E-state index in [4.69, 9.17) is 11.6 Å². The maximum Gasteiger partial charge on any atom is 0.274 e. The molecule has 0 aromatic carbocycles. The van der Waals surface area contributed by atoms with Gasteiger partial charge in [0.05, 0.1) is 5.02 Å². The van der Waals surface area contributed by atoms with E-state index >= 15 is 0 Å². The Morgan fingerprint density at radius 2 is 2.00 bits per heavy atom. The van der Waals surface area contributed by atoms with Gasteiger partial charge >= 0.3 is 0 Å². The normalized spacial score (nSPS) is 20.0. The molecule has 0 bridgehead atoms. The quantitative estimate of drug-likeness (QED) is 0.922. The highest BCUT2D eigenvalue weighted by Crippen LogP contribution is 2.28. The summed E-state index contributed by atoms with van der Waals surface area (Å²) < 4.78 is 0. The zero-order chi connectivity index (χ0) is 14.1. The summed E-state index contributed by atoms with van der Waals surface area (Å²) in [5, 5.41) is 3.35. The van der Waals surface area contributed by atoms with Gasteiger partial charge in [-0.05, 0) is 25.0 Å². The molecule has 2 aliphatic rings. The van der Waals surface area contributed by atoms with Crippen molar-refractivity contribution in [2.24, 2.45) is 0 Å². The molecule has 3 rings (SSSR count). The van der Waals surface area contributed by atoms with Crippen LogP contribution in [-0.4, -0.2) is 60.0 Å². The van der Waals surface area contributed by atoms with Crippen LogP contribution in [0, 0.1) is 0 Å². The number of amides is 1.